The molecule has 0 nitrogen and oxygen atoms in total. The molecule has 0 spiro atoms. The molecule has 0 N–H and O–H groups in total. The number of thioether (sulfide) groups is 1. The first kappa shape index (κ1) is 9.87. The van der Waals surface area contributed by atoms with Crippen molar-refractivity contribution in [3.8, 4) is 0 Å². The van der Waals surface area contributed by atoms with Crippen LogP contribution in [0.2, 0.25) is 0 Å². The fourth-order valence-electron chi connectivity index (χ4n) is 0.836. The van der Waals surface area contributed by atoms with Crippen molar-refractivity contribution in [1.29, 1.82) is 0 Å². The van der Waals surface area contributed by atoms with E-state index in [0.717, 1.165) is 0 Å². The van der Waals surface area contributed by atoms with E-state index < -0.39 is 0 Å². The van der Waals surface area contributed by atoms with Crippen molar-refractivity contribution in [2.75, 3.05) is 0 Å². The fourth-order valence-corrected chi connectivity index (χ4v) is 2.36. The van der Waals surface area contributed by atoms with Gasteiger partial charge < -0.3 is 0 Å². The molecule has 1 rings (SSSR count). The van der Waals surface area contributed by atoms with Crippen LogP contribution in [0.25, 0.3) is 0 Å². The maximum atomic E-state index is 2.26. The molecule has 0 atom stereocenters. The molecule has 0 aliphatic rings. The molecule has 0 aliphatic heterocycles. The summed E-state index contributed by atoms with van der Waals surface area (Å²) in [6, 6.07) is 4.24. The van der Waals surface area contributed by atoms with Crippen molar-refractivity contribution in [2.45, 2.75) is 30.4 Å². The van der Waals surface area contributed by atoms with Gasteiger partial charge in [-0.05, 0) is 23.3 Å². The highest BCUT2D eigenvalue weighted by molar-refractivity contribution is 8.03. The van der Waals surface area contributed by atoms with Gasteiger partial charge in [0, 0.05) is 0 Å². The molecular formula is C10H14S2. The summed E-state index contributed by atoms with van der Waals surface area (Å²) in [7, 11) is 0. The molecule has 0 aliphatic carbocycles. The van der Waals surface area contributed by atoms with Crippen LogP contribution in [-0.4, -0.2) is 0 Å². The molecule has 66 valence electrons. The molecule has 0 radical (unpaired) electrons. The van der Waals surface area contributed by atoms with E-state index in [-0.39, 0.29) is 0 Å². The first-order valence-corrected chi connectivity index (χ1v) is 6.04. The average molecular weight is 198 g/mol. The van der Waals surface area contributed by atoms with Crippen LogP contribution in [0.3, 0.4) is 0 Å². The molecule has 0 bridgehead atoms. The Bertz CT molecular complexity index is 212. The first-order chi connectivity index (χ1) is 5.93. The lowest BCUT2D eigenvalue weighted by molar-refractivity contribution is 0.815. The highest BCUT2D eigenvalue weighted by atomic mass is 32.2. The van der Waals surface area contributed by atoms with Crippen LogP contribution in [0, 0.1) is 0 Å². The fraction of sp³-hybridized carbons (Fsp3) is 0.400. The van der Waals surface area contributed by atoms with Gasteiger partial charge in [-0.2, -0.15) is 0 Å². The summed E-state index contributed by atoms with van der Waals surface area (Å²) in [5.74, 6) is 0. The Kier molecular flexibility index (Phi) is 5.20. The monoisotopic (exact) mass is 198 g/mol. The van der Waals surface area contributed by atoms with E-state index in [1.165, 1.54) is 23.5 Å². The smallest absolute Gasteiger partial charge is 0.0640 e. The molecule has 0 amide bonds. The number of allylic oxidation sites excluding steroid dienone is 1. The summed E-state index contributed by atoms with van der Waals surface area (Å²) in [6.07, 6.45) is 6.07. The van der Waals surface area contributed by atoms with Crippen LogP contribution in [0.4, 0.5) is 0 Å². The second-order valence-electron chi connectivity index (χ2n) is 2.56. The van der Waals surface area contributed by atoms with Gasteiger partial charge in [-0.15, -0.1) is 11.3 Å². The van der Waals surface area contributed by atoms with Crippen molar-refractivity contribution >= 4 is 23.1 Å². The molecule has 0 saturated heterocycles. The minimum atomic E-state index is 1.22. The van der Waals surface area contributed by atoms with Gasteiger partial charge in [0.05, 0.1) is 4.21 Å². The summed E-state index contributed by atoms with van der Waals surface area (Å²) >= 11 is 3.61. The van der Waals surface area contributed by atoms with Gasteiger partial charge in [-0.1, -0.05) is 43.7 Å². The summed E-state index contributed by atoms with van der Waals surface area (Å²) in [5, 5.41) is 4.31. The third-order valence-corrected chi connectivity index (χ3v) is 3.44. The van der Waals surface area contributed by atoms with Crippen molar-refractivity contribution in [3.63, 3.8) is 0 Å². The van der Waals surface area contributed by atoms with E-state index in [9.17, 15) is 0 Å². The lowest BCUT2D eigenvalue weighted by Crippen LogP contribution is -1.64. The summed E-state index contributed by atoms with van der Waals surface area (Å²) in [5.41, 5.74) is 0. The molecule has 2 heteroatoms. The van der Waals surface area contributed by atoms with Crippen molar-refractivity contribution in [1.82, 2.24) is 0 Å². The van der Waals surface area contributed by atoms with Gasteiger partial charge in [0.15, 0.2) is 0 Å². The number of thiophene rings is 1. The second-order valence-corrected chi connectivity index (χ2v) is 4.72. The largest absolute Gasteiger partial charge is 0.137 e. The Morgan fingerprint density at radius 3 is 3.17 bits per heavy atom. The van der Waals surface area contributed by atoms with Gasteiger partial charge in [0.2, 0.25) is 0 Å². The average Bonchev–Trinajstić information content (AvgIpc) is 2.57. The summed E-state index contributed by atoms with van der Waals surface area (Å²) < 4.78 is 1.38. The minimum absolute atomic E-state index is 1.22. The van der Waals surface area contributed by atoms with Crippen LogP contribution < -0.4 is 0 Å². The lowest BCUT2D eigenvalue weighted by atomic mass is 10.2. The van der Waals surface area contributed by atoms with E-state index in [2.05, 4.69) is 35.9 Å². The molecule has 0 saturated carbocycles. The summed E-state index contributed by atoms with van der Waals surface area (Å²) in [4.78, 5) is 0. The molecule has 1 aromatic rings. The van der Waals surface area contributed by atoms with Gasteiger partial charge in [0.1, 0.15) is 0 Å². The van der Waals surface area contributed by atoms with Gasteiger partial charge in [-0.25, -0.2) is 0 Å². The number of rotatable bonds is 5. The molecule has 1 aromatic heterocycles. The van der Waals surface area contributed by atoms with Crippen LogP contribution >= 0.6 is 23.1 Å². The van der Waals surface area contributed by atoms with E-state index >= 15 is 0 Å². The van der Waals surface area contributed by atoms with E-state index in [0.29, 0.717) is 0 Å². The number of hydrogen-bond donors (Lipinski definition) is 0. The topological polar surface area (TPSA) is 0 Å². The van der Waals surface area contributed by atoms with Gasteiger partial charge >= 0.3 is 0 Å². The molecule has 12 heavy (non-hydrogen) atoms. The highest BCUT2D eigenvalue weighted by Gasteiger charge is 1.87. The van der Waals surface area contributed by atoms with Crippen LogP contribution in [0.5, 0.6) is 0 Å². The maximum Gasteiger partial charge on any atom is 0.0640 e. The van der Waals surface area contributed by atoms with Crippen molar-refractivity contribution in [2.24, 2.45) is 0 Å². The quantitative estimate of drug-likeness (QED) is 0.494. The molecule has 0 fully saturated rings. The standard InChI is InChI=1S/C10H14S2/c1-2-3-4-5-8-11-10-7-6-9-12-10/h5-9H,2-4H2,1H3/b8-5+. The third-order valence-electron chi connectivity index (χ3n) is 1.50. The summed E-state index contributed by atoms with van der Waals surface area (Å²) in [6.45, 7) is 2.22. The zero-order chi connectivity index (χ0) is 8.65. The maximum absolute atomic E-state index is 2.26. The number of hydrogen-bond acceptors (Lipinski definition) is 2. The van der Waals surface area contributed by atoms with Crippen LogP contribution in [0.15, 0.2) is 33.2 Å². The highest BCUT2D eigenvalue weighted by Crippen LogP contribution is 2.24. The van der Waals surface area contributed by atoms with Crippen LogP contribution in [-0.2, 0) is 0 Å². The van der Waals surface area contributed by atoms with Gasteiger partial charge in [-0.3, -0.25) is 0 Å². The predicted octanol–water partition coefficient (Wildman–Crippen LogP) is 4.54. The van der Waals surface area contributed by atoms with E-state index in [1.807, 2.05) is 11.8 Å². The lowest BCUT2D eigenvalue weighted by Gasteiger charge is -1.88. The van der Waals surface area contributed by atoms with Crippen LogP contribution in [0.1, 0.15) is 26.2 Å². The predicted molar refractivity (Wildman–Crippen MR) is 58.8 cm³/mol. The Morgan fingerprint density at radius 1 is 1.58 bits per heavy atom. The SMILES string of the molecule is CCCC/C=C/Sc1cccs1. The molecular weight excluding hydrogens is 184 g/mol. The van der Waals surface area contributed by atoms with Crippen molar-refractivity contribution in [3.05, 3.63) is 29.0 Å². The molecule has 1 heterocycles. The zero-order valence-electron chi connectivity index (χ0n) is 7.32. The Morgan fingerprint density at radius 2 is 2.50 bits per heavy atom. The van der Waals surface area contributed by atoms with Crippen molar-refractivity contribution < 1.29 is 0 Å². The van der Waals surface area contributed by atoms with Gasteiger partial charge in [0.25, 0.3) is 0 Å². The minimum Gasteiger partial charge on any atom is -0.137 e. The zero-order valence-corrected chi connectivity index (χ0v) is 8.96. The normalized spacial score (nSPS) is 11.1. The van der Waals surface area contributed by atoms with E-state index in [1.54, 1.807) is 11.3 Å². The third kappa shape index (κ3) is 3.98. The first-order valence-electron chi connectivity index (χ1n) is 4.28. The Balaban J connectivity index is 2.13. The second kappa shape index (κ2) is 6.32. The Hall–Kier alpha value is -0.210. The van der Waals surface area contributed by atoms with E-state index in [4.69, 9.17) is 0 Å². The number of unbranched alkanes of at least 4 members (excludes halogenated alkanes) is 2. The molecule has 0 unspecified atom stereocenters. The Labute approximate surface area is 82.7 Å². The molecule has 0 aromatic carbocycles.